The topological polar surface area (TPSA) is 0 Å². The molecule has 1 heteroatoms. The van der Waals surface area contributed by atoms with Crippen LogP contribution in [0, 0.1) is 34.0 Å². The van der Waals surface area contributed by atoms with Crippen molar-refractivity contribution in [2.45, 2.75) is 41.5 Å². The summed E-state index contributed by atoms with van der Waals surface area (Å²) in [5, 5.41) is 1.24. The molecule has 0 fully saturated rings. The zero-order valence-electron chi connectivity index (χ0n) is 12.8. The van der Waals surface area contributed by atoms with Gasteiger partial charge in [-0.25, -0.2) is 0 Å². The Labute approximate surface area is 119 Å². The fourth-order valence-electron chi connectivity index (χ4n) is 1.18. The molecule has 0 aliphatic carbocycles. The lowest BCUT2D eigenvalue weighted by atomic mass is 9.99. The van der Waals surface area contributed by atoms with E-state index < -0.39 is 7.92 Å². The van der Waals surface area contributed by atoms with Gasteiger partial charge in [0.25, 0.3) is 0 Å². The summed E-state index contributed by atoms with van der Waals surface area (Å²) in [5.74, 6) is 6.67. The largest absolute Gasteiger partial charge is 0.0914 e. The van der Waals surface area contributed by atoms with Crippen LogP contribution >= 0.6 is 7.92 Å². The van der Waals surface area contributed by atoms with Crippen LogP contribution in [0.15, 0.2) is 30.3 Å². The first-order chi connectivity index (χ1) is 8.67. The van der Waals surface area contributed by atoms with Gasteiger partial charge >= 0.3 is 0 Å². The van der Waals surface area contributed by atoms with E-state index >= 15 is 0 Å². The Morgan fingerprint density at radius 2 is 1.16 bits per heavy atom. The molecule has 0 N–H and O–H groups in total. The minimum atomic E-state index is -0.707. The van der Waals surface area contributed by atoms with Gasteiger partial charge in [-0.1, -0.05) is 53.5 Å². The van der Waals surface area contributed by atoms with E-state index in [2.05, 4.69) is 89.0 Å². The fraction of sp³-hybridized carbons (Fsp3) is 0.444. The molecular formula is C18H23P. The van der Waals surface area contributed by atoms with Crippen molar-refractivity contribution in [2.24, 2.45) is 10.8 Å². The maximum Gasteiger partial charge on any atom is 0.0810 e. The molecule has 1 aromatic carbocycles. The van der Waals surface area contributed by atoms with E-state index in [0.717, 1.165) is 0 Å². The average molecular weight is 270 g/mol. The van der Waals surface area contributed by atoms with Crippen LogP contribution < -0.4 is 5.30 Å². The second kappa shape index (κ2) is 6.28. The van der Waals surface area contributed by atoms with Crippen LogP contribution in [-0.2, 0) is 0 Å². The number of benzene rings is 1. The molecule has 0 spiro atoms. The highest BCUT2D eigenvalue weighted by Crippen LogP contribution is 2.32. The molecule has 0 amide bonds. The summed E-state index contributed by atoms with van der Waals surface area (Å²) in [6.07, 6.45) is 0. The third-order valence-corrected chi connectivity index (χ3v) is 3.59. The van der Waals surface area contributed by atoms with Crippen molar-refractivity contribution >= 4 is 13.2 Å². The summed E-state index contributed by atoms with van der Waals surface area (Å²) in [7, 11) is -0.707. The first-order valence-corrected chi connectivity index (χ1v) is 7.92. The molecule has 0 saturated carbocycles. The Morgan fingerprint density at radius 1 is 0.737 bits per heavy atom. The van der Waals surface area contributed by atoms with Gasteiger partial charge in [0.2, 0.25) is 0 Å². The molecule has 1 aromatic rings. The Morgan fingerprint density at radius 3 is 1.53 bits per heavy atom. The lowest BCUT2D eigenvalue weighted by Crippen LogP contribution is -2.02. The molecule has 19 heavy (non-hydrogen) atoms. The summed E-state index contributed by atoms with van der Waals surface area (Å²) >= 11 is 0. The zero-order valence-corrected chi connectivity index (χ0v) is 13.7. The first-order valence-electron chi connectivity index (χ1n) is 6.58. The predicted octanol–water partition coefficient (Wildman–Crippen LogP) is 4.81. The standard InChI is InChI=1S/C18H23P/c1-17(2,3)12-14-19(15-13-18(4,5)6)16-10-8-7-9-11-16/h7-11H,1-6H3. The van der Waals surface area contributed by atoms with Gasteiger partial charge in [-0.15, -0.1) is 0 Å². The Balaban J connectivity index is 3.11. The maximum absolute atomic E-state index is 3.39. The predicted molar refractivity (Wildman–Crippen MR) is 87.5 cm³/mol. The van der Waals surface area contributed by atoms with Crippen molar-refractivity contribution in [3.8, 4) is 23.2 Å². The molecule has 0 heterocycles. The first kappa shape index (κ1) is 15.8. The van der Waals surface area contributed by atoms with Crippen LogP contribution in [0.1, 0.15) is 41.5 Å². The highest BCUT2D eigenvalue weighted by atomic mass is 31.1. The summed E-state index contributed by atoms with van der Waals surface area (Å²) in [6.45, 7) is 12.8. The number of hydrogen-bond acceptors (Lipinski definition) is 0. The van der Waals surface area contributed by atoms with Crippen molar-refractivity contribution in [3.63, 3.8) is 0 Å². The smallest absolute Gasteiger partial charge is 0.0810 e. The Bertz CT molecular complexity index is 487. The van der Waals surface area contributed by atoms with Gasteiger partial charge in [0, 0.05) is 16.1 Å². The maximum atomic E-state index is 3.39. The lowest BCUT2D eigenvalue weighted by molar-refractivity contribution is 0.571. The minimum absolute atomic E-state index is 0.0266. The van der Waals surface area contributed by atoms with Crippen molar-refractivity contribution in [1.29, 1.82) is 0 Å². The van der Waals surface area contributed by atoms with Gasteiger partial charge in [0.05, 0.1) is 7.92 Å². The van der Waals surface area contributed by atoms with E-state index in [9.17, 15) is 0 Å². The molecule has 0 aliphatic rings. The van der Waals surface area contributed by atoms with Gasteiger partial charge < -0.3 is 0 Å². The molecular weight excluding hydrogens is 247 g/mol. The van der Waals surface area contributed by atoms with E-state index in [0.29, 0.717) is 0 Å². The second-order valence-corrected chi connectivity index (χ2v) is 8.28. The monoisotopic (exact) mass is 270 g/mol. The molecule has 0 atom stereocenters. The van der Waals surface area contributed by atoms with Crippen molar-refractivity contribution in [3.05, 3.63) is 30.3 Å². The highest BCUT2D eigenvalue weighted by Gasteiger charge is 2.10. The van der Waals surface area contributed by atoms with Gasteiger partial charge in [-0.3, -0.25) is 0 Å². The van der Waals surface area contributed by atoms with Crippen LogP contribution in [-0.4, -0.2) is 0 Å². The lowest BCUT2D eigenvalue weighted by Gasteiger charge is -2.11. The number of hydrogen-bond donors (Lipinski definition) is 0. The molecule has 1 rings (SSSR count). The third kappa shape index (κ3) is 7.06. The Hall–Kier alpha value is -1.23. The summed E-state index contributed by atoms with van der Waals surface area (Å²) in [4.78, 5) is 0. The normalized spacial score (nSPS) is 11.3. The van der Waals surface area contributed by atoms with Crippen LogP contribution in [0.2, 0.25) is 0 Å². The summed E-state index contributed by atoms with van der Waals surface area (Å²) in [6, 6.07) is 10.4. The van der Waals surface area contributed by atoms with E-state index in [-0.39, 0.29) is 10.8 Å². The molecule has 0 nitrogen and oxygen atoms in total. The number of rotatable bonds is 1. The molecule has 0 saturated heterocycles. The van der Waals surface area contributed by atoms with E-state index in [4.69, 9.17) is 0 Å². The molecule has 0 aliphatic heterocycles. The van der Waals surface area contributed by atoms with Crippen molar-refractivity contribution in [1.82, 2.24) is 0 Å². The van der Waals surface area contributed by atoms with Gasteiger partial charge in [-0.05, 0) is 41.5 Å². The molecule has 0 bridgehead atoms. The van der Waals surface area contributed by atoms with Gasteiger partial charge in [0.15, 0.2) is 0 Å². The van der Waals surface area contributed by atoms with Crippen LogP contribution in [0.25, 0.3) is 0 Å². The Kier molecular flexibility index (Phi) is 5.23. The molecule has 100 valence electrons. The van der Waals surface area contributed by atoms with E-state index in [1.807, 2.05) is 6.07 Å². The van der Waals surface area contributed by atoms with E-state index in [1.54, 1.807) is 0 Å². The van der Waals surface area contributed by atoms with Crippen molar-refractivity contribution in [2.75, 3.05) is 0 Å². The van der Waals surface area contributed by atoms with Gasteiger partial charge in [-0.2, -0.15) is 0 Å². The third-order valence-electron chi connectivity index (χ3n) is 2.10. The molecule has 0 aromatic heterocycles. The molecule has 0 radical (unpaired) electrons. The SMILES string of the molecule is CC(C)(C)C#CP(C#CC(C)(C)C)c1ccccc1. The second-order valence-electron chi connectivity index (χ2n) is 6.64. The van der Waals surface area contributed by atoms with Crippen molar-refractivity contribution < 1.29 is 0 Å². The zero-order chi connectivity index (χ0) is 14.5. The highest BCUT2D eigenvalue weighted by molar-refractivity contribution is 7.75. The van der Waals surface area contributed by atoms with Gasteiger partial charge in [0.1, 0.15) is 0 Å². The minimum Gasteiger partial charge on any atom is -0.0914 e. The van der Waals surface area contributed by atoms with Crippen LogP contribution in [0.5, 0.6) is 0 Å². The average Bonchev–Trinajstić information content (AvgIpc) is 2.27. The van der Waals surface area contributed by atoms with Crippen LogP contribution in [0.3, 0.4) is 0 Å². The fourth-order valence-corrected chi connectivity index (χ4v) is 2.86. The quantitative estimate of drug-likeness (QED) is 0.507. The molecule has 0 unspecified atom stereocenters. The van der Waals surface area contributed by atoms with E-state index in [1.165, 1.54) is 5.30 Å². The summed E-state index contributed by atoms with van der Waals surface area (Å²) in [5.41, 5.74) is 6.83. The van der Waals surface area contributed by atoms with Crippen LogP contribution in [0.4, 0.5) is 0 Å². The summed E-state index contributed by atoms with van der Waals surface area (Å²) < 4.78 is 0.